The van der Waals surface area contributed by atoms with Crippen molar-refractivity contribution in [1.29, 1.82) is 5.26 Å². The van der Waals surface area contributed by atoms with Crippen molar-refractivity contribution in [2.75, 3.05) is 0 Å². The fourth-order valence-electron chi connectivity index (χ4n) is 2.76. The maximum absolute atomic E-state index is 8.66. The van der Waals surface area contributed by atoms with Gasteiger partial charge in [0.2, 0.25) is 5.28 Å². The molecule has 1 heterocycles. The third-order valence-electron chi connectivity index (χ3n) is 4.40. The third kappa shape index (κ3) is 6.01. The first-order valence-corrected chi connectivity index (χ1v) is 9.82. The van der Waals surface area contributed by atoms with Crippen molar-refractivity contribution in [3.8, 4) is 28.6 Å². The summed E-state index contributed by atoms with van der Waals surface area (Å²) in [5.74, 6) is 0. The number of nitriles is 1. The Morgan fingerprint density at radius 1 is 0.844 bits per heavy atom. The Morgan fingerprint density at radius 3 is 1.91 bits per heavy atom. The summed E-state index contributed by atoms with van der Waals surface area (Å²) in [6.07, 6.45) is 0. The summed E-state index contributed by atoms with van der Waals surface area (Å²) >= 11 is 6.04. The minimum Gasteiger partial charge on any atom is -0.423 e. The molecule has 0 atom stereocenters. The van der Waals surface area contributed by atoms with Crippen molar-refractivity contribution < 1.29 is 10.0 Å². The van der Waals surface area contributed by atoms with E-state index in [1.165, 1.54) is 24.3 Å². The molecule has 2 N–H and O–H groups in total. The Balaban J connectivity index is 0.000000222. The third-order valence-corrected chi connectivity index (χ3v) is 4.57. The van der Waals surface area contributed by atoms with Crippen molar-refractivity contribution in [3.05, 3.63) is 107 Å². The van der Waals surface area contributed by atoms with E-state index in [4.69, 9.17) is 33.5 Å². The van der Waals surface area contributed by atoms with E-state index in [9.17, 15) is 0 Å². The first-order chi connectivity index (χ1) is 15.5. The average molecular weight is 439 g/mol. The van der Waals surface area contributed by atoms with Gasteiger partial charge in [0.15, 0.2) is 5.69 Å². The largest absolute Gasteiger partial charge is 0.488 e. The van der Waals surface area contributed by atoms with Gasteiger partial charge < -0.3 is 10.0 Å². The lowest BCUT2D eigenvalue weighted by molar-refractivity contribution is 0.426. The van der Waals surface area contributed by atoms with Gasteiger partial charge in [-0.2, -0.15) is 5.26 Å². The Kier molecular flexibility index (Phi) is 7.69. The van der Waals surface area contributed by atoms with Gasteiger partial charge in [-0.15, -0.1) is 0 Å². The van der Waals surface area contributed by atoms with Gasteiger partial charge in [0.25, 0.3) is 0 Å². The molecule has 4 aromatic rings. The zero-order valence-electron chi connectivity index (χ0n) is 16.7. The first kappa shape index (κ1) is 22.7. The van der Waals surface area contributed by atoms with Crippen molar-refractivity contribution in [2.24, 2.45) is 0 Å². The predicted molar refractivity (Wildman–Crippen MR) is 125 cm³/mol. The average Bonchev–Trinajstić information content (AvgIpc) is 2.84. The molecular formula is C24H16BClN4O2. The molecule has 6 nitrogen and oxygen atoms in total. The molecule has 0 bridgehead atoms. The summed E-state index contributed by atoms with van der Waals surface area (Å²) in [5.41, 5.74) is 4.91. The molecule has 0 saturated carbocycles. The van der Waals surface area contributed by atoms with E-state index in [0.717, 1.165) is 22.5 Å². The Bertz CT molecular complexity index is 1270. The molecule has 4 rings (SSSR count). The van der Waals surface area contributed by atoms with Crippen LogP contribution in [-0.2, 0) is 0 Å². The molecule has 32 heavy (non-hydrogen) atoms. The molecule has 0 unspecified atom stereocenters. The highest BCUT2D eigenvalue weighted by atomic mass is 35.5. The van der Waals surface area contributed by atoms with Crippen LogP contribution < -0.4 is 5.46 Å². The van der Waals surface area contributed by atoms with Crippen molar-refractivity contribution in [1.82, 2.24) is 9.97 Å². The van der Waals surface area contributed by atoms with Gasteiger partial charge in [-0.25, -0.2) is 14.8 Å². The Labute approximate surface area is 191 Å². The number of nitrogens with zero attached hydrogens (tertiary/aromatic N) is 4. The van der Waals surface area contributed by atoms with Crippen LogP contribution in [0.5, 0.6) is 0 Å². The van der Waals surface area contributed by atoms with Crippen LogP contribution in [0.4, 0.5) is 5.69 Å². The molecule has 0 saturated heterocycles. The van der Waals surface area contributed by atoms with Crippen LogP contribution in [0.25, 0.3) is 27.4 Å². The van der Waals surface area contributed by atoms with E-state index in [1.54, 1.807) is 12.1 Å². The van der Waals surface area contributed by atoms with E-state index in [1.807, 2.05) is 54.6 Å². The van der Waals surface area contributed by atoms with Crippen LogP contribution in [0.3, 0.4) is 0 Å². The zero-order chi connectivity index (χ0) is 22.9. The van der Waals surface area contributed by atoms with Crippen LogP contribution in [0.1, 0.15) is 5.56 Å². The molecule has 0 aliphatic heterocycles. The van der Waals surface area contributed by atoms with Gasteiger partial charge in [0, 0.05) is 5.56 Å². The normalized spacial score (nSPS) is 9.66. The molecule has 0 spiro atoms. The van der Waals surface area contributed by atoms with Crippen LogP contribution in [0.2, 0.25) is 5.28 Å². The highest BCUT2D eigenvalue weighted by molar-refractivity contribution is 6.58. The summed E-state index contributed by atoms with van der Waals surface area (Å²) in [6, 6.07) is 27.0. The number of halogens is 1. The Morgan fingerprint density at radius 2 is 1.41 bits per heavy atom. The zero-order valence-corrected chi connectivity index (χ0v) is 17.5. The van der Waals surface area contributed by atoms with Gasteiger partial charge >= 0.3 is 7.12 Å². The quantitative estimate of drug-likeness (QED) is 0.283. The summed E-state index contributed by atoms with van der Waals surface area (Å²) in [6.45, 7) is 6.98. The molecule has 0 amide bonds. The monoisotopic (exact) mass is 438 g/mol. The summed E-state index contributed by atoms with van der Waals surface area (Å²) in [4.78, 5) is 11.9. The van der Waals surface area contributed by atoms with E-state index < -0.39 is 7.12 Å². The van der Waals surface area contributed by atoms with Crippen LogP contribution in [-0.4, -0.2) is 27.1 Å². The van der Waals surface area contributed by atoms with Crippen molar-refractivity contribution in [3.63, 3.8) is 0 Å². The molecular weight excluding hydrogens is 423 g/mol. The smallest absolute Gasteiger partial charge is 0.423 e. The fourth-order valence-corrected chi connectivity index (χ4v) is 2.94. The van der Waals surface area contributed by atoms with E-state index in [0.29, 0.717) is 16.7 Å². The lowest BCUT2D eigenvalue weighted by atomic mass is 9.80. The molecule has 0 radical (unpaired) electrons. The van der Waals surface area contributed by atoms with Gasteiger partial charge in [0.1, 0.15) is 0 Å². The fraction of sp³-hybridized carbons (Fsp3) is 0. The lowest BCUT2D eigenvalue weighted by Crippen LogP contribution is -2.29. The molecule has 8 heteroatoms. The lowest BCUT2D eigenvalue weighted by Gasteiger charge is -2.06. The number of hydrogen-bond donors (Lipinski definition) is 2. The molecule has 1 aromatic heterocycles. The number of aromatic nitrogens is 2. The SMILES string of the molecule is N#Cc1ccc(B(O)O)cc1.[C-]#[N+]c1ccc(-c2cc(-c3ccccc3)nc(Cl)n2)cc1. The van der Waals surface area contributed by atoms with E-state index in [-0.39, 0.29) is 5.28 Å². The minimum absolute atomic E-state index is 0.209. The number of rotatable bonds is 3. The summed E-state index contributed by atoms with van der Waals surface area (Å²) in [7, 11) is -1.46. The van der Waals surface area contributed by atoms with Gasteiger partial charge in [-0.3, -0.25) is 0 Å². The van der Waals surface area contributed by atoms with Gasteiger partial charge in [0.05, 0.1) is 29.6 Å². The van der Waals surface area contributed by atoms with Crippen molar-refractivity contribution in [2.45, 2.75) is 0 Å². The highest BCUT2D eigenvalue weighted by Gasteiger charge is 2.09. The van der Waals surface area contributed by atoms with Gasteiger partial charge in [-0.05, 0) is 40.8 Å². The summed E-state index contributed by atoms with van der Waals surface area (Å²) in [5, 5.41) is 25.9. The number of hydrogen-bond acceptors (Lipinski definition) is 5. The van der Waals surface area contributed by atoms with Crippen LogP contribution in [0, 0.1) is 17.9 Å². The summed E-state index contributed by atoms with van der Waals surface area (Å²) < 4.78 is 0. The second-order valence-corrected chi connectivity index (χ2v) is 6.88. The molecule has 0 aliphatic rings. The van der Waals surface area contributed by atoms with E-state index in [2.05, 4.69) is 14.8 Å². The maximum atomic E-state index is 8.66. The maximum Gasteiger partial charge on any atom is 0.488 e. The van der Waals surface area contributed by atoms with Crippen LogP contribution in [0.15, 0.2) is 84.9 Å². The van der Waals surface area contributed by atoms with Crippen molar-refractivity contribution >= 4 is 29.9 Å². The second-order valence-electron chi connectivity index (χ2n) is 6.54. The first-order valence-electron chi connectivity index (χ1n) is 9.44. The molecule has 0 aliphatic carbocycles. The molecule has 0 fully saturated rings. The topological polar surface area (TPSA) is 94.4 Å². The van der Waals surface area contributed by atoms with E-state index >= 15 is 0 Å². The molecule has 3 aromatic carbocycles. The second kappa shape index (κ2) is 10.9. The van der Waals surface area contributed by atoms with Gasteiger partial charge in [-0.1, -0.05) is 66.7 Å². The highest BCUT2D eigenvalue weighted by Crippen LogP contribution is 2.26. The Hall–Kier alpha value is -4.01. The number of benzene rings is 3. The molecule has 154 valence electrons. The van der Waals surface area contributed by atoms with Crippen LogP contribution >= 0.6 is 11.6 Å². The standard InChI is InChI=1S/C17H10ClN3.C7H6BNO2/c1-19-14-9-7-13(8-10-14)16-11-15(20-17(18)21-16)12-5-3-2-4-6-12;9-5-6-1-3-7(4-2-6)8(10)11/h2-11H;1-4,10-11H. The minimum atomic E-state index is -1.46. The predicted octanol–water partition coefficient (Wildman–Crippen LogP) is 4.25.